The minimum atomic E-state index is 0.351. The van der Waals surface area contributed by atoms with Crippen molar-refractivity contribution in [2.24, 2.45) is 11.3 Å². The highest BCUT2D eigenvalue weighted by Crippen LogP contribution is 2.27. The quantitative estimate of drug-likeness (QED) is 0.780. The van der Waals surface area contributed by atoms with E-state index in [0.29, 0.717) is 17.5 Å². The van der Waals surface area contributed by atoms with Gasteiger partial charge in [0.15, 0.2) is 0 Å². The van der Waals surface area contributed by atoms with E-state index >= 15 is 0 Å². The molecule has 0 amide bonds. The van der Waals surface area contributed by atoms with Gasteiger partial charge in [-0.3, -0.25) is 4.90 Å². The summed E-state index contributed by atoms with van der Waals surface area (Å²) in [6.45, 7) is 15.4. The molecule has 0 radical (unpaired) electrons. The van der Waals surface area contributed by atoms with E-state index in [9.17, 15) is 0 Å². The summed E-state index contributed by atoms with van der Waals surface area (Å²) in [7, 11) is 0. The molecule has 0 aromatic heterocycles. The van der Waals surface area contributed by atoms with E-state index in [1.54, 1.807) is 5.57 Å². The van der Waals surface area contributed by atoms with Crippen molar-refractivity contribution < 1.29 is 0 Å². The van der Waals surface area contributed by atoms with Gasteiger partial charge in [-0.1, -0.05) is 46.3 Å². The van der Waals surface area contributed by atoms with Gasteiger partial charge in [-0.2, -0.15) is 0 Å². The fraction of sp³-hybridized carbons (Fsp3) is 0.895. The largest absolute Gasteiger partial charge is 0.311 e. The van der Waals surface area contributed by atoms with Crippen molar-refractivity contribution in [1.82, 2.24) is 10.2 Å². The van der Waals surface area contributed by atoms with Crippen molar-refractivity contribution in [1.29, 1.82) is 0 Å². The average Bonchev–Trinajstić information content (AvgIpc) is 2.45. The summed E-state index contributed by atoms with van der Waals surface area (Å²) in [6, 6.07) is 1.32. The van der Waals surface area contributed by atoms with Crippen LogP contribution in [0.1, 0.15) is 66.7 Å². The number of nitrogens with zero attached hydrogens (tertiary/aromatic N) is 1. The van der Waals surface area contributed by atoms with Crippen molar-refractivity contribution in [3.8, 4) is 0 Å². The number of hydrogen-bond acceptors (Lipinski definition) is 2. The second kappa shape index (κ2) is 7.28. The van der Waals surface area contributed by atoms with Crippen LogP contribution in [0.3, 0.4) is 0 Å². The minimum absolute atomic E-state index is 0.351. The number of nitrogens with one attached hydrogen (secondary N) is 1. The summed E-state index contributed by atoms with van der Waals surface area (Å²) in [5.74, 6) is 0.735. The minimum Gasteiger partial charge on any atom is -0.311 e. The standard InChI is InChI=1S/C19H36N2/c1-15(2)17-13-20-18(19(3,4)5)14-21(17)12-11-16-9-7-6-8-10-16/h9,15,17-18,20H,6-8,10-14H2,1-5H3. The predicted octanol–water partition coefficient (Wildman–Crippen LogP) is 4.22. The average molecular weight is 293 g/mol. The molecule has 1 aliphatic carbocycles. The zero-order chi connectivity index (χ0) is 15.5. The van der Waals surface area contributed by atoms with Crippen LogP contribution in [0.5, 0.6) is 0 Å². The topological polar surface area (TPSA) is 15.3 Å². The van der Waals surface area contributed by atoms with Crippen molar-refractivity contribution >= 4 is 0 Å². The first kappa shape index (κ1) is 17.0. The molecule has 2 heteroatoms. The molecule has 0 aromatic rings. The van der Waals surface area contributed by atoms with Gasteiger partial charge in [-0.25, -0.2) is 0 Å². The first-order valence-corrected chi connectivity index (χ1v) is 9.03. The molecular weight excluding hydrogens is 256 g/mol. The Morgan fingerprint density at radius 2 is 2.05 bits per heavy atom. The van der Waals surface area contributed by atoms with Gasteiger partial charge >= 0.3 is 0 Å². The Kier molecular flexibility index (Phi) is 5.90. The Balaban J connectivity index is 1.95. The molecule has 0 spiro atoms. The van der Waals surface area contributed by atoms with Crippen molar-refractivity contribution in [3.63, 3.8) is 0 Å². The van der Waals surface area contributed by atoms with Crippen LogP contribution in [-0.2, 0) is 0 Å². The van der Waals surface area contributed by atoms with Gasteiger partial charge in [0.2, 0.25) is 0 Å². The van der Waals surface area contributed by atoms with Crippen LogP contribution in [0, 0.1) is 11.3 Å². The Morgan fingerprint density at radius 3 is 2.62 bits per heavy atom. The molecule has 2 unspecified atom stereocenters. The van der Waals surface area contributed by atoms with E-state index < -0.39 is 0 Å². The predicted molar refractivity (Wildman–Crippen MR) is 92.6 cm³/mol. The van der Waals surface area contributed by atoms with Gasteiger partial charge in [-0.15, -0.1) is 0 Å². The molecule has 1 saturated heterocycles. The van der Waals surface area contributed by atoms with Gasteiger partial charge < -0.3 is 5.32 Å². The number of piperazine rings is 1. The summed E-state index contributed by atoms with van der Waals surface area (Å²) in [5, 5.41) is 3.80. The van der Waals surface area contributed by atoms with Crippen molar-refractivity contribution in [2.75, 3.05) is 19.6 Å². The maximum Gasteiger partial charge on any atom is 0.0244 e. The van der Waals surface area contributed by atoms with Crippen molar-refractivity contribution in [3.05, 3.63) is 11.6 Å². The summed E-state index contributed by atoms with van der Waals surface area (Å²) >= 11 is 0. The first-order chi connectivity index (χ1) is 9.88. The van der Waals surface area contributed by atoms with E-state index in [4.69, 9.17) is 0 Å². The van der Waals surface area contributed by atoms with Crippen LogP contribution in [0.4, 0.5) is 0 Å². The van der Waals surface area contributed by atoms with E-state index in [-0.39, 0.29) is 0 Å². The normalized spacial score (nSPS) is 28.8. The molecule has 1 N–H and O–H groups in total. The zero-order valence-electron chi connectivity index (χ0n) is 14.9. The van der Waals surface area contributed by atoms with E-state index in [1.807, 2.05) is 0 Å². The van der Waals surface area contributed by atoms with E-state index in [1.165, 1.54) is 45.2 Å². The summed E-state index contributed by atoms with van der Waals surface area (Å²) in [5.41, 5.74) is 2.07. The number of allylic oxidation sites excluding steroid dienone is 1. The van der Waals surface area contributed by atoms with Gasteiger partial charge in [0.1, 0.15) is 0 Å². The molecule has 2 rings (SSSR count). The lowest BCUT2D eigenvalue weighted by molar-refractivity contribution is 0.0640. The van der Waals surface area contributed by atoms with Crippen LogP contribution < -0.4 is 5.32 Å². The molecule has 2 aliphatic rings. The lowest BCUT2D eigenvalue weighted by Gasteiger charge is -2.46. The van der Waals surface area contributed by atoms with E-state index in [2.05, 4.69) is 50.9 Å². The highest BCUT2D eigenvalue weighted by molar-refractivity contribution is 5.06. The SMILES string of the molecule is CC(C)C1CNC(C(C)(C)C)CN1CCC1=CCCCC1. The number of rotatable bonds is 4. The third-order valence-electron chi connectivity index (χ3n) is 5.38. The third-order valence-corrected chi connectivity index (χ3v) is 5.38. The van der Waals surface area contributed by atoms with Gasteiger partial charge in [-0.05, 0) is 43.4 Å². The van der Waals surface area contributed by atoms with Crippen LogP contribution in [0.2, 0.25) is 0 Å². The smallest absolute Gasteiger partial charge is 0.0244 e. The lowest BCUT2D eigenvalue weighted by atomic mass is 9.83. The molecule has 2 nitrogen and oxygen atoms in total. The van der Waals surface area contributed by atoms with Gasteiger partial charge in [0.05, 0.1) is 0 Å². The summed E-state index contributed by atoms with van der Waals surface area (Å²) in [4.78, 5) is 2.77. The van der Waals surface area contributed by atoms with Crippen LogP contribution in [-0.4, -0.2) is 36.6 Å². The monoisotopic (exact) mass is 292 g/mol. The Bertz CT molecular complexity index is 351. The number of hydrogen-bond donors (Lipinski definition) is 1. The molecule has 21 heavy (non-hydrogen) atoms. The molecule has 1 aliphatic heterocycles. The molecule has 1 heterocycles. The molecule has 0 bridgehead atoms. The molecule has 122 valence electrons. The third kappa shape index (κ3) is 4.82. The molecule has 2 atom stereocenters. The van der Waals surface area contributed by atoms with E-state index in [0.717, 1.165) is 12.5 Å². The maximum absolute atomic E-state index is 3.80. The van der Waals surface area contributed by atoms with Gasteiger partial charge in [0.25, 0.3) is 0 Å². The fourth-order valence-electron chi connectivity index (χ4n) is 3.74. The Hall–Kier alpha value is -0.340. The lowest BCUT2D eigenvalue weighted by Crippen LogP contribution is -2.61. The Labute approximate surface area is 132 Å². The maximum atomic E-state index is 3.80. The second-order valence-corrected chi connectivity index (χ2v) is 8.49. The summed E-state index contributed by atoms with van der Waals surface area (Å²) < 4.78 is 0. The second-order valence-electron chi connectivity index (χ2n) is 8.49. The molecular formula is C19H36N2. The molecule has 0 saturated carbocycles. The van der Waals surface area contributed by atoms with Crippen LogP contribution in [0.15, 0.2) is 11.6 Å². The van der Waals surface area contributed by atoms with Crippen LogP contribution >= 0.6 is 0 Å². The highest BCUT2D eigenvalue weighted by atomic mass is 15.2. The summed E-state index contributed by atoms with van der Waals surface area (Å²) in [6.07, 6.45) is 9.27. The Morgan fingerprint density at radius 1 is 1.29 bits per heavy atom. The highest BCUT2D eigenvalue weighted by Gasteiger charge is 2.34. The fourth-order valence-corrected chi connectivity index (χ4v) is 3.74. The zero-order valence-corrected chi connectivity index (χ0v) is 14.9. The molecule has 1 fully saturated rings. The van der Waals surface area contributed by atoms with Crippen LogP contribution in [0.25, 0.3) is 0 Å². The van der Waals surface area contributed by atoms with Gasteiger partial charge in [0, 0.05) is 31.7 Å². The van der Waals surface area contributed by atoms with Crippen molar-refractivity contribution in [2.45, 2.75) is 78.8 Å². The first-order valence-electron chi connectivity index (χ1n) is 9.03. The molecule has 0 aromatic carbocycles.